The third kappa shape index (κ3) is 2.94. The van der Waals surface area contributed by atoms with Gasteiger partial charge in [-0.3, -0.25) is 9.59 Å². The molecule has 0 bridgehead atoms. The molecule has 1 amide bonds. The van der Waals surface area contributed by atoms with Crippen molar-refractivity contribution in [1.29, 1.82) is 0 Å². The number of ketones is 1. The molecule has 14 heavy (non-hydrogen) atoms. The summed E-state index contributed by atoms with van der Waals surface area (Å²) in [6.07, 6.45) is 0.873. The van der Waals surface area contributed by atoms with Crippen LogP contribution in [-0.2, 0) is 14.4 Å². The molecule has 4 nitrogen and oxygen atoms in total. The standard InChI is InChI=1S/C10H17NO3/c1-5-9(13)10(14)11(4)8(6-12)7(2)3/h6-8H,5H2,1-4H3/t8-/m1/s1. The van der Waals surface area contributed by atoms with Crippen LogP contribution in [0.15, 0.2) is 0 Å². The van der Waals surface area contributed by atoms with Crippen LogP contribution in [-0.4, -0.2) is 36.0 Å². The van der Waals surface area contributed by atoms with Gasteiger partial charge < -0.3 is 9.69 Å². The Kier molecular flexibility index (Phi) is 5.05. The number of aldehydes is 1. The zero-order valence-corrected chi connectivity index (χ0v) is 9.11. The normalized spacial score (nSPS) is 12.4. The van der Waals surface area contributed by atoms with E-state index < -0.39 is 17.7 Å². The van der Waals surface area contributed by atoms with Crippen LogP contribution >= 0.6 is 0 Å². The van der Waals surface area contributed by atoms with Crippen LogP contribution in [0.2, 0.25) is 0 Å². The van der Waals surface area contributed by atoms with Gasteiger partial charge in [-0.25, -0.2) is 0 Å². The Labute approximate surface area is 84.3 Å². The lowest BCUT2D eigenvalue weighted by Gasteiger charge is -2.25. The topological polar surface area (TPSA) is 54.5 Å². The van der Waals surface area contributed by atoms with Gasteiger partial charge in [-0.1, -0.05) is 20.8 Å². The molecule has 0 aliphatic rings. The Morgan fingerprint density at radius 1 is 1.36 bits per heavy atom. The van der Waals surface area contributed by atoms with Gasteiger partial charge in [-0.2, -0.15) is 0 Å². The largest absolute Gasteiger partial charge is 0.329 e. The molecule has 0 aliphatic carbocycles. The Hall–Kier alpha value is -1.19. The summed E-state index contributed by atoms with van der Waals surface area (Å²) in [5, 5.41) is 0. The lowest BCUT2D eigenvalue weighted by molar-refractivity contribution is -0.146. The molecule has 0 heterocycles. The lowest BCUT2D eigenvalue weighted by atomic mass is 10.0. The van der Waals surface area contributed by atoms with Gasteiger partial charge in [-0.15, -0.1) is 0 Å². The van der Waals surface area contributed by atoms with Crippen molar-refractivity contribution in [3.63, 3.8) is 0 Å². The van der Waals surface area contributed by atoms with E-state index in [4.69, 9.17) is 0 Å². The maximum atomic E-state index is 11.4. The lowest BCUT2D eigenvalue weighted by Crippen LogP contribution is -2.44. The van der Waals surface area contributed by atoms with Crippen LogP contribution in [0.4, 0.5) is 0 Å². The molecule has 0 saturated carbocycles. The highest BCUT2D eigenvalue weighted by Gasteiger charge is 2.25. The molecule has 0 radical (unpaired) electrons. The summed E-state index contributed by atoms with van der Waals surface area (Å²) >= 11 is 0. The predicted octanol–water partition coefficient (Wildman–Crippen LogP) is 0.647. The van der Waals surface area contributed by atoms with Gasteiger partial charge in [0.15, 0.2) is 0 Å². The fourth-order valence-electron chi connectivity index (χ4n) is 1.18. The molecule has 0 aromatic heterocycles. The fourth-order valence-corrected chi connectivity index (χ4v) is 1.18. The van der Waals surface area contributed by atoms with Crippen molar-refractivity contribution in [3.05, 3.63) is 0 Å². The number of nitrogens with zero attached hydrogens (tertiary/aromatic N) is 1. The number of carbonyl (C=O) groups excluding carboxylic acids is 3. The number of hydrogen-bond acceptors (Lipinski definition) is 3. The summed E-state index contributed by atoms with van der Waals surface area (Å²) in [4.78, 5) is 34.4. The molecular formula is C10H17NO3. The number of carbonyl (C=O) groups is 3. The minimum Gasteiger partial charge on any atom is -0.329 e. The highest BCUT2D eigenvalue weighted by atomic mass is 16.2. The molecular weight excluding hydrogens is 182 g/mol. The predicted molar refractivity (Wildman–Crippen MR) is 52.8 cm³/mol. The van der Waals surface area contributed by atoms with Gasteiger partial charge in [0.2, 0.25) is 5.78 Å². The van der Waals surface area contributed by atoms with Crippen LogP contribution in [0.25, 0.3) is 0 Å². The zero-order chi connectivity index (χ0) is 11.3. The SMILES string of the molecule is CCC(=O)C(=O)N(C)[C@H](C=O)C(C)C. The first kappa shape index (κ1) is 12.8. The molecule has 0 aliphatic heterocycles. The van der Waals surface area contributed by atoms with Gasteiger partial charge >= 0.3 is 0 Å². The fraction of sp³-hybridized carbons (Fsp3) is 0.700. The van der Waals surface area contributed by atoms with Crippen LogP contribution in [0.3, 0.4) is 0 Å². The summed E-state index contributed by atoms with van der Waals surface area (Å²) in [6, 6.07) is -0.516. The zero-order valence-electron chi connectivity index (χ0n) is 9.11. The first-order valence-corrected chi connectivity index (χ1v) is 4.70. The van der Waals surface area contributed by atoms with Crippen LogP contribution in [0.5, 0.6) is 0 Å². The molecule has 0 rings (SSSR count). The molecule has 0 aromatic rings. The van der Waals surface area contributed by atoms with E-state index in [9.17, 15) is 14.4 Å². The van der Waals surface area contributed by atoms with E-state index in [1.54, 1.807) is 6.92 Å². The second-order valence-electron chi connectivity index (χ2n) is 3.56. The Bertz CT molecular complexity index is 236. The summed E-state index contributed by atoms with van der Waals surface area (Å²) in [5.41, 5.74) is 0. The molecule has 0 spiro atoms. The molecule has 4 heteroatoms. The van der Waals surface area contributed by atoms with Crippen molar-refractivity contribution in [2.45, 2.75) is 33.2 Å². The number of amides is 1. The van der Waals surface area contributed by atoms with Crippen LogP contribution < -0.4 is 0 Å². The Morgan fingerprint density at radius 3 is 2.14 bits per heavy atom. The van der Waals surface area contributed by atoms with E-state index in [-0.39, 0.29) is 12.3 Å². The minimum atomic E-state index is -0.585. The van der Waals surface area contributed by atoms with Gasteiger partial charge in [0.25, 0.3) is 5.91 Å². The van der Waals surface area contributed by atoms with Crippen LogP contribution in [0, 0.1) is 5.92 Å². The highest BCUT2D eigenvalue weighted by molar-refractivity contribution is 6.36. The van der Waals surface area contributed by atoms with Gasteiger partial charge in [0.1, 0.15) is 6.29 Å². The summed E-state index contributed by atoms with van der Waals surface area (Å²) in [7, 11) is 1.48. The van der Waals surface area contributed by atoms with Gasteiger partial charge in [0.05, 0.1) is 6.04 Å². The quantitative estimate of drug-likeness (QED) is 0.482. The van der Waals surface area contributed by atoms with E-state index in [1.807, 2.05) is 13.8 Å². The van der Waals surface area contributed by atoms with E-state index >= 15 is 0 Å². The van der Waals surface area contributed by atoms with Crippen molar-refractivity contribution in [2.75, 3.05) is 7.05 Å². The molecule has 0 N–H and O–H groups in total. The monoisotopic (exact) mass is 199 g/mol. The summed E-state index contributed by atoms with van der Waals surface area (Å²) in [5.74, 6) is -1.02. The second kappa shape index (κ2) is 5.52. The first-order chi connectivity index (χ1) is 6.45. The van der Waals surface area contributed by atoms with Crippen molar-refractivity contribution in [1.82, 2.24) is 4.90 Å². The van der Waals surface area contributed by atoms with E-state index in [0.29, 0.717) is 6.29 Å². The maximum absolute atomic E-state index is 11.4. The Morgan fingerprint density at radius 2 is 1.86 bits per heavy atom. The third-order valence-electron chi connectivity index (χ3n) is 2.15. The third-order valence-corrected chi connectivity index (χ3v) is 2.15. The van der Waals surface area contributed by atoms with Crippen molar-refractivity contribution in [2.24, 2.45) is 5.92 Å². The number of Topliss-reactive ketones (excluding diaryl/α,β-unsaturated/α-hetero) is 1. The smallest absolute Gasteiger partial charge is 0.290 e. The molecule has 0 unspecified atom stereocenters. The number of hydrogen-bond donors (Lipinski definition) is 0. The van der Waals surface area contributed by atoms with Crippen molar-refractivity contribution >= 4 is 18.0 Å². The average molecular weight is 199 g/mol. The molecule has 0 saturated heterocycles. The first-order valence-electron chi connectivity index (χ1n) is 4.70. The van der Waals surface area contributed by atoms with E-state index in [2.05, 4.69) is 0 Å². The number of rotatable bonds is 5. The molecule has 80 valence electrons. The molecule has 1 atom stereocenters. The van der Waals surface area contributed by atoms with E-state index in [0.717, 1.165) is 0 Å². The summed E-state index contributed by atoms with van der Waals surface area (Å²) < 4.78 is 0. The Balaban J connectivity index is 4.58. The molecule has 0 aromatic carbocycles. The van der Waals surface area contributed by atoms with Crippen molar-refractivity contribution in [3.8, 4) is 0 Å². The van der Waals surface area contributed by atoms with E-state index in [1.165, 1.54) is 11.9 Å². The van der Waals surface area contributed by atoms with Crippen LogP contribution in [0.1, 0.15) is 27.2 Å². The minimum absolute atomic E-state index is 0.0195. The average Bonchev–Trinajstić information content (AvgIpc) is 2.15. The maximum Gasteiger partial charge on any atom is 0.290 e. The summed E-state index contributed by atoms with van der Waals surface area (Å²) in [6.45, 7) is 5.29. The number of likely N-dealkylation sites (N-methyl/N-ethyl adjacent to an activating group) is 1. The highest BCUT2D eigenvalue weighted by Crippen LogP contribution is 2.07. The van der Waals surface area contributed by atoms with Gasteiger partial charge in [-0.05, 0) is 5.92 Å². The van der Waals surface area contributed by atoms with Gasteiger partial charge in [0, 0.05) is 13.5 Å². The van der Waals surface area contributed by atoms with Crippen molar-refractivity contribution < 1.29 is 14.4 Å². The second-order valence-corrected chi connectivity index (χ2v) is 3.56. The molecule has 0 fully saturated rings.